The molecule has 0 fully saturated rings. The summed E-state index contributed by atoms with van der Waals surface area (Å²) in [5.74, 6) is 0.802. The van der Waals surface area contributed by atoms with Gasteiger partial charge in [-0.15, -0.1) is 0 Å². The highest BCUT2D eigenvalue weighted by molar-refractivity contribution is 7.99. The number of amides is 1. The monoisotopic (exact) mass is 512 g/mol. The first kappa shape index (κ1) is 24.4. The fourth-order valence-corrected chi connectivity index (χ4v) is 4.53. The second kappa shape index (κ2) is 10.2. The van der Waals surface area contributed by atoms with E-state index >= 15 is 0 Å². The van der Waals surface area contributed by atoms with Gasteiger partial charge < -0.3 is 14.8 Å². The van der Waals surface area contributed by atoms with Crippen molar-refractivity contribution in [1.29, 1.82) is 0 Å². The number of nitrogens with one attached hydrogen (secondary N) is 1. The Balaban J connectivity index is 1.68. The van der Waals surface area contributed by atoms with Crippen LogP contribution in [0.25, 0.3) is 16.7 Å². The Kier molecular flexibility index (Phi) is 7.13. The summed E-state index contributed by atoms with van der Waals surface area (Å²) in [6.07, 6.45) is 0. The molecule has 35 heavy (non-hydrogen) atoms. The van der Waals surface area contributed by atoms with Crippen molar-refractivity contribution < 1.29 is 19.2 Å². The van der Waals surface area contributed by atoms with Crippen LogP contribution < -0.4 is 14.8 Å². The van der Waals surface area contributed by atoms with Gasteiger partial charge in [0, 0.05) is 23.2 Å². The molecule has 0 bridgehead atoms. The number of ether oxygens (including phenoxy) is 2. The van der Waals surface area contributed by atoms with Crippen molar-refractivity contribution in [2.24, 2.45) is 0 Å². The Bertz CT molecular complexity index is 1440. The van der Waals surface area contributed by atoms with Gasteiger partial charge >= 0.3 is 0 Å². The largest absolute Gasteiger partial charge is 0.495 e. The highest BCUT2D eigenvalue weighted by atomic mass is 35.5. The predicted octanol–water partition coefficient (Wildman–Crippen LogP) is 5.64. The van der Waals surface area contributed by atoms with Crippen molar-refractivity contribution in [1.82, 2.24) is 9.55 Å². The molecule has 0 atom stereocenters. The van der Waals surface area contributed by atoms with Crippen LogP contribution >= 0.6 is 23.4 Å². The lowest BCUT2D eigenvalue weighted by Crippen LogP contribution is -2.15. The van der Waals surface area contributed by atoms with Crippen LogP contribution in [-0.2, 0) is 4.79 Å². The molecule has 4 rings (SSSR count). The Labute approximate surface area is 210 Å². The minimum absolute atomic E-state index is 0.0331. The standard InChI is InChI=1S/C24H21ClN4O5S/c1-14-10-18(22(34-3)12-16(14)25)26-23(30)13-35-24-27-17-11-15(29(31)32)8-9-19(17)28(24)20-6-4-5-7-21(20)33-2/h4-12H,13H2,1-3H3,(H,26,30). The fourth-order valence-electron chi connectivity index (χ4n) is 3.55. The molecule has 0 aliphatic carbocycles. The summed E-state index contributed by atoms with van der Waals surface area (Å²) in [5.41, 5.74) is 3.02. The van der Waals surface area contributed by atoms with Gasteiger partial charge in [0.25, 0.3) is 5.69 Å². The van der Waals surface area contributed by atoms with Gasteiger partial charge in [-0.05, 0) is 36.8 Å². The van der Waals surface area contributed by atoms with Gasteiger partial charge in [-0.3, -0.25) is 19.5 Å². The van der Waals surface area contributed by atoms with Crippen molar-refractivity contribution in [2.45, 2.75) is 12.1 Å². The molecule has 0 spiro atoms. The number of nitro groups is 1. The number of non-ortho nitro benzene ring substituents is 1. The summed E-state index contributed by atoms with van der Waals surface area (Å²) in [4.78, 5) is 28.2. The maximum Gasteiger partial charge on any atom is 0.271 e. The second-order valence-electron chi connectivity index (χ2n) is 7.47. The zero-order valence-electron chi connectivity index (χ0n) is 19.1. The van der Waals surface area contributed by atoms with E-state index in [0.29, 0.717) is 44.1 Å². The molecule has 9 nitrogen and oxygen atoms in total. The molecule has 0 aliphatic heterocycles. The lowest BCUT2D eigenvalue weighted by atomic mass is 10.2. The van der Waals surface area contributed by atoms with Gasteiger partial charge in [0.15, 0.2) is 5.16 Å². The van der Waals surface area contributed by atoms with Gasteiger partial charge in [0.05, 0.1) is 47.3 Å². The minimum Gasteiger partial charge on any atom is -0.495 e. The number of rotatable bonds is 8. The summed E-state index contributed by atoms with van der Waals surface area (Å²) in [6, 6.07) is 15.2. The molecular formula is C24H21ClN4O5S. The molecule has 0 radical (unpaired) electrons. The first-order valence-electron chi connectivity index (χ1n) is 10.4. The number of aromatic nitrogens is 2. The summed E-state index contributed by atoms with van der Waals surface area (Å²) in [7, 11) is 3.06. The molecule has 3 aromatic carbocycles. The number of para-hydroxylation sites is 2. The van der Waals surface area contributed by atoms with Crippen LogP contribution in [0.2, 0.25) is 5.02 Å². The van der Waals surface area contributed by atoms with Crippen LogP contribution in [0.4, 0.5) is 11.4 Å². The van der Waals surface area contributed by atoms with Crippen molar-refractivity contribution >= 4 is 51.7 Å². The van der Waals surface area contributed by atoms with E-state index in [1.807, 2.05) is 35.8 Å². The maximum absolute atomic E-state index is 12.8. The third-order valence-corrected chi connectivity index (χ3v) is 6.58. The van der Waals surface area contributed by atoms with Gasteiger partial charge in [0.1, 0.15) is 11.5 Å². The molecule has 180 valence electrons. The molecule has 0 saturated carbocycles. The zero-order valence-corrected chi connectivity index (χ0v) is 20.6. The van der Waals surface area contributed by atoms with E-state index < -0.39 is 4.92 Å². The number of hydrogen-bond donors (Lipinski definition) is 1. The smallest absolute Gasteiger partial charge is 0.271 e. The summed E-state index contributed by atoms with van der Waals surface area (Å²) in [5, 5.41) is 15.1. The molecule has 1 aromatic heterocycles. The SMILES string of the molecule is COc1cc(Cl)c(C)cc1NC(=O)CSc1nc2cc([N+](=O)[O-])ccc2n1-c1ccccc1OC. The number of imidazole rings is 1. The average molecular weight is 513 g/mol. The molecule has 0 unspecified atom stereocenters. The van der Waals surface area contributed by atoms with Gasteiger partial charge in [0.2, 0.25) is 5.91 Å². The molecule has 11 heteroatoms. The molecule has 4 aromatic rings. The van der Waals surface area contributed by atoms with E-state index in [0.717, 1.165) is 5.56 Å². The lowest BCUT2D eigenvalue weighted by molar-refractivity contribution is -0.384. The number of thioether (sulfide) groups is 1. The third kappa shape index (κ3) is 5.03. The van der Waals surface area contributed by atoms with Crippen LogP contribution in [-0.4, -0.2) is 40.4 Å². The predicted molar refractivity (Wildman–Crippen MR) is 136 cm³/mol. The topological polar surface area (TPSA) is 109 Å². The van der Waals surface area contributed by atoms with Crippen LogP contribution in [0.15, 0.2) is 59.8 Å². The first-order chi connectivity index (χ1) is 16.8. The number of aryl methyl sites for hydroxylation is 1. The number of nitro benzene ring substituents is 1. The number of halogens is 1. The van der Waals surface area contributed by atoms with E-state index in [2.05, 4.69) is 10.3 Å². The summed E-state index contributed by atoms with van der Waals surface area (Å²) in [6.45, 7) is 1.83. The Morgan fingerprint density at radius 3 is 2.60 bits per heavy atom. The quantitative estimate of drug-likeness (QED) is 0.185. The van der Waals surface area contributed by atoms with Crippen LogP contribution in [0.3, 0.4) is 0 Å². The first-order valence-corrected chi connectivity index (χ1v) is 11.8. The van der Waals surface area contributed by atoms with Gasteiger partial charge in [-0.2, -0.15) is 0 Å². The summed E-state index contributed by atoms with van der Waals surface area (Å²) < 4.78 is 12.7. The van der Waals surface area contributed by atoms with Crippen molar-refractivity contribution in [3.8, 4) is 17.2 Å². The highest BCUT2D eigenvalue weighted by Gasteiger charge is 2.20. The lowest BCUT2D eigenvalue weighted by Gasteiger charge is -2.14. The highest BCUT2D eigenvalue weighted by Crippen LogP contribution is 2.35. The normalized spacial score (nSPS) is 10.9. The van der Waals surface area contributed by atoms with Crippen molar-refractivity contribution in [3.63, 3.8) is 0 Å². The molecule has 0 saturated heterocycles. The van der Waals surface area contributed by atoms with Crippen LogP contribution in [0.1, 0.15) is 5.56 Å². The van der Waals surface area contributed by atoms with Gasteiger partial charge in [-0.25, -0.2) is 4.98 Å². The number of carbonyl (C=O) groups is 1. The third-order valence-electron chi connectivity index (χ3n) is 5.23. The Hall–Kier alpha value is -3.76. The molecular weight excluding hydrogens is 492 g/mol. The van der Waals surface area contributed by atoms with E-state index in [9.17, 15) is 14.9 Å². The summed E-state index contributed by atoms with van der Waals surface area (Å²) >= 11 is 7.35. The fraction of sp³-hybridized carbons (Fsp3) is 0.167. The maximum atomic E-state index is 12.8. The van der Waals surface area contributed by atoms with Crippen molar-refractivity contribution in [3.05, 3.63) is 75.3 Å². The van der Waals surface area contributed by atoms with Crippen LogP contribution in [0.5, 0.6) is 11.5 Å². The Morgan fingerprint density at radius 2 is 1.89 bits per heavy atom. The number of anilines is 1. The van der Waals surface area contributed by atoms with E-state index in [-0.39, 0.29) is 17.3 Å². The Morgan fingerprint density at radius 1 is 1.14 bits per heavy atom. The van der Waals surface area contributed by atoms with Crippen LogP contribution in [0, 0.1) is 17.0 Å². The molecule has 1 N–H and O–H groups in total. The number of fused-ring (bicyclic) bond motifs is 1. The number of methoxy groups -OCH3 is 2. The number of hydrogen-bond acceptors (Lipinski definition) is 7. The van der Waals surface area contributed by atoms with E-state index in [1.54, 1.807) is 25.3 Å². The average Bonchev–Trinajstić information content (AvgIpc) is 3.22. The van der Waals surface area contributed by atoms with E-state index in [1.165, 1.54) is 31.0 Å². The molecule has 1 heterocycles. The molecule has 1 amide bonds. The number of nitrogens with zero attached hydrogens (tertiary/aromatic N) is 3. The minimum atomic E-state index is -0.469. The second-order valence-corrected chi connectivity index (χ2v) is 8.82. The zero-order chi connectivity index (χ0) is 25.1. The van der Waals surface area contributed by atoms with E-state index in [4.69, 9.17) is 21.1 Å². The van der Waals surface area contributed by atoms with Crippen molar-refractivity contribution in [2.75, 3.05) is 25.3 Å². The number of carbonyl (C=O) groups excluding carboxylic acids is 1. The van der Waals surface area contributed by atoms with Gasteiger partial charge in [-0.1, -0.05) is 35.5 Å². The molecule has 0 aliphatic rings. The number of benzene rings is 3.